The molecule has 0 saturated heterocycles. The summed E-state index contributed by atoms with van der Waals surface area (Å²) >= 11 is 0. The highest BCUT2D eigenvalue weighted by atomic mass is 16.3. The number of aliphatic hydroxyl groups is 1. The van der Waals surface area contributed by atoms with E-state index in [4.69, 9.17) is 15.7 Å². The van der Waals surface area contributed by atoms with Crippen LogP contribution in [0.1, 0.15) is 5.82 Å². The number of para-hydroxylation sites is 2. The van der Waals surface area contributed by atoms with Gasteiger partial charge in [0.2, 0.25) is 0 Å². The fraction of sp³-hybridized carbons (Fsp3) is 0.0256. The number of imidazole rings is 1. The van der Waals surface area contributed by atoms with Gasteiger partial charge in [0.25, 0.3) is 0 Å². The second-order valence-corrected chi connectivity index (χ2v) is 11.3. The van der Waals surface area contributed by atoms with E-state index in [-0.39, 0.29) is 5.82 Å². The zero-order valence-corrected chi connectivity index (χ0v) is 24.3. The minimum absolute atomic E-state index is 0.173. The van der Waals surface area contributed by atoms with Crippen LogP contribution in [0.4, 0.5) is 0 Å². The second-order valence-electron chi connectivity index (χ2n) is 11.3. The molecule has 8 rings (SSSR count). The summed E-state index contributed by atoms with van der Waals surface area (Å²) < 4.78 is 1.81. The second kappa shape index (κ2) is 10.6. The molecule has 0 unspecified atom stereocenters. The van der Waals surface area contributed by atoms with Crippen molar-refractivity contribution in [2.45, 2.75) is 5.40 Å². The lowest BCUT2D eigenvalue weighted by atomic mass is 9.65. The minimum atomic E-state index is -2.10. The molecule has 6 aromatic carbocycles. The van der Waals surface area contributed by atoms with E-state index >= 15 is 0 Å². The van der Waals surface area contributed by atoms with Gasteiger partial charge in [0, 0.05) is 23.5 Å². The lowest BCUT2D eigenvalue weighted by molar-refractivity contribution is 0.205. The summed E-state index contributed by atoms with van der Waals surface area (Å²) in [5, 5.41) is 13.2. The molecule has 8 aromatic rings. The molecule has 0 amide bonds. The van der Waals surface area contributed by atoms with Crippen molar-refractivity contribution >= 4 is 48.3 Å². The molecule has 4 nitrogen and oxygen atoms in total. The van der Waals surface area contributed by atoms with Gasteiger partial charge >= 0.3 is 0 Å². The maximum atomic E-state index is 10.6. The fourth-order valence-corrected chi connectivity index (χ4v) is 6.46. The van der Waals surface area contributed by atoms with Crippen molar-refractivity contribution < 1.29 is 5.11 Å². The van der Waals surface area contributed by atoms with Gasteiger partial charge in [-0.05, 0) is 91.3 Å². The third kappa shape index (κ3) is 4.62. The SMILES string of the molecule is [B]C([B])(O)c1nc2ccccc2n1-c1ccc(-c2c3ccccc3c(-c3ccc(-c4ccncc4)cc3)c3ccccc23)cc1. The summed E-state index contributed by atoms with van der Waals surface area (Å²) in [5.74, 6) is 0.173. The van der Waals surface area contributed by atoms with Crippen LogP contribution in [0.2, 0.25) is 0 Å². The fourth-order valence-electron chi connectivity index (χ4n) is 6.46. The molecule has 2 heterocycles. The Morgan fingerprint density at radius 1 is 0.511 bits per heavy atom. The van der Waals surface area contributed by atoms with E-state index < -0.39 is 5.40 Å². The van der Waals surface area contributed by atoms with Crippen LogP contribution in [0.15, 0.2) is 146 Å². The van der Waals surface area contributed by atoms with E-state index in [0.29, 0.717) is 5.52 Å². The zero-order valence-electron chi connectivity index (χ0n) is 24.3. The Labute approximate surface area is 263 Å². The Morgan fingerprint density at radius 2 is 0.956 bits per heavy atom. The summed E-state index contributed by atoms with van der Waals surface area (Å²) in [4.78, 5) is 8.70. The first-order valence-corrected chi connectivity index (χ1v) is 14.8. The Hall–Kier alpha value is -5.45. The molecule has 0 aliphatic carbocycles. The maximum absolute atomic E-state index is 10.6. The normalized spacial score (nSPS) is 11.8. The molecule has 2 aromatic heterocycles. The van der Waals surface area contributed by atoms with E-state index in [1.165, 1.54) is 27.1 Å². The van der Waals surface area contributed by atoms with Gasteiger partial charge in [-0.1, -0.05) is 97.1 Å². The van der Waals surface area contributed by atoms with E-state index in [2.05, 4.69) is 94.9 Å². The van der Waals surface area contributed by atoms with Crippen LogP contribution >= 0.6 is 0 Å². The lowest BCUT2D eigenvalue weighted by Crippen LogP contribution is -2.30. The number of fused-ring (bicyclic) bond motifs is 3. The molecule has 0 spiro atoms. The van der Waals surface area contributed by atoms with Gasteiger partial charge in [-0.2, -0.15) is 0 Å². The number of hydrogen-bond acceptors (Lipinski definition) is 3. The number of benzene rings is 6. The maximum Gasteiger partial charge on any atom is 0.127 e. The predicted octanol–water partition coefficient (Wildman–Crippen LogP) is 8.17. The highest BCUT2D eigenvalue weighted by Crippen LogP contribution is 2.44. The molecule has 6 heteroatoms. The van der Waals surface area contributed by atoms with Crippen LogP contribution in [-0.4, -0.2) is 35.3 Å². The molecular formula is C39H25B2N3O. The molecule has 45 heavy (non-hydrogen) atoms. The van der Waals surface area contributed by atoms with Crippen molar-refractivity contribution in [3.63, 3.8) is 0 Å². The summed E-state index contributed by atoms with van der Waals surface area (Å²) in [6.07, 6.45) is 3.64. The Balaban J connectivity index is 1.30. The monoisotopic (exact) mass is 573 g/mol. The van der Waals surface area contributed by atoms with Crippen molar-refractivity contribution in [2.24, 2.45) is 0 Å². The number of rotatable bonds is 5. The summed E-state index contributed by atoms with van der Waals surface area (Å²) in [7, 11) is 11.9. The van der Waals surface area contributed by atoms with Crippen LogP contribution < -0.4 is 0 Å². The van der Waals surface area contributed by atoms with Gasteiger partial charge in [0.05, 0.1) is 11.0 Å². The van der Waals surface area contributed by atoms with Gasteiger partial charge in [0.15, 0.2) is 0 Å². The predicted molar refractivity (Wildman–Crippen MR) is 186 cm³/mol. The first-order chi connectivity index (χ1) is 22.0. The van der Waals surface area contributed by atoms with Crippen LogP contribution in [0.3, 0.4) is 0 Å². The van der Waals surface area contributed by atoms with Crippen LogP contribution in [-0.2, 0) is 5.40 Å². The first-order valence-electron chi connectivity index (χ1n) is 14.8. The van der Waals surface area contributed by atoms with Gasteiger partial charge in [0.1, 0.15) is 21.5 Å². The third-order valence-electron chi connectivity index (χ3n) is 8.45. The highest BCUT2D eigenvalue weighted by molar-refractivity contribution is 6.38. The molecule has 0 bridgehead atoms. The molecule has 0 aliphatic heterocycles. The standard InChI is InChI=1S/C39H25B2N3O/c40-39(41,45)38-43-34-11-5-6-12-35(34)44(38)29-19-17-28(18-20-29)37-32-9-3-1-7-30(32)36(31-8-2-4-10-33(31)37)27-15-13-25(14-16-27)26-21-23-42-24-22-26/h1-24,45H. The Morgan fingerprint density at radius 3 is 1.49 bits per heavy atom. The van der Waals surface area contributed by atoms with E-state index in [9.17, 15) is 5.11 Å². The zero-order chi connectivity index (χ0) is 30.5. The first kappa shape index (κ1) is 27.1. The van der Waals surface area contributed by atoms with Crippen LogP contribution in [0.5, 0.6) is 0 Å². The molecular weight excluding hydrogens is 548 g/mol. The van der Waals surface area contributed by atoms with E-state index in [1.54, 1.807) is 0 Å². The smallest absolute Gasteiger partial charge is 0.127 e. The lowest BCUT2D eigenvalue weighted by Gasteiger charge is -2.21. The largest absolute Gasteiger partial charge is 0.402 e. The van der Waals surface area contributed by atoms with Crippen molar-refractivity contribution in [3.05, 3.63) is 152 Å². The van der Waals surface area contributed by atoms with Gasteiger partial charge in [-0.25, -0.2) is 4.98 Å². The minimum Gasteiger partial charge on any atom is -0.402 e. The summed E-state index contributed by atoms with van der Waals surface area (Å²) in [6.45, 7) is 0. The van der Waals surface area contributed by atoms with Crippen LogP contribution in [0.25, 0.3) is 71.6 Å². The van der Waals surface area contributed by atoms with Gasteiger partial charge in [-0.15, -0.1) is 0 Å². The summed E-state index contributed by atoms with van der Waals surface area (Å²) in [6, 6.07) is 45.9. The third-order valence-corrected chi connectivity index (χ3v) is 8.45. The van der Waals surface area contributed by atoms with E-state index in [0.717, 1.165) is 39.0 Å². The van der Waals surface area contributed by atoms with Gasteiger partial charge < -0.3 is 5.11 Å². The molecule has 0 fully saturated rings. The number of hydrogen-bond donors (Lipinski definition) is 1. The van der Waals surface area contributed by atoms with E-state index in [1.807, 2.05) is 65.5 Å². The van der Waals surface area contributed by atoms with Gasteiger partial charge in [-0.3, -0.25) is 9.55 Å². The van der Waals surface area contributed by atoms with Crippen molar-refractivity contribution in [3.8, 4) is 39.1 Å². The van der Waals surface area contributed by atoms with Crippen molar-refractivity contribution in [1.82, 2.24) is 14.5 Å². The quantitative estimate of drug-likeness (QED) is 0.167. The number of nitrogens with zero attached hydrogens (tertiary/aromatic N) is 3. The average molecular weight is 573 g/mol. The average Bonchev–Trinajstić information content (AvgIpc) is 3.49. The molecule has 0 aliphatic rings. The molecule has 208 valence electrons. The number of pyridine rings is 1. The Kier molecular flexibility index (Phi) is 6.40. The molecule has 4 radical (unpaired) electrons. The van der Waals surface area contributed by atoms with Crippen LogP contribution in [0, 0.1) is 0 Å². The molecule has 0 atom stereocenters. The molecule has 1 N–H and O–H groups in total. The van der Waals surface area contributed by atoms with Crippen molar-refractivity contribution in [2.75, 3.05) is 0 Å². The number of aromatic nitrogens is 3. The highest BCUT2D eigenvalue weighted by Gasteiger charge is 2.25. The topological polar surface area (TPSA) is 50.9 Å². The molecule has 0 saturated carbocycles. The van der Waals surface area contributed by atoms with Crippen molar-refractivity contribution in [1.29, 1.82) is 0 Å². The Bertz CT molecular complexity index is 2280. The summed E-state index contributed by atoms with van der Waals surface area (Å²) in [5.41, 5.74) is 9.22.